The lowest BCUT2D eigenvalue weighted by atomic mass is 10.0. The van der Waals surface area contributed by atoms with Crippen molar-refractivity contribution in [1.82, 2.24) is 14.2 Å². The zero-order valence-corrected chi connectivity index (χ0v) is 26.0. The third kappa shape index (κ3) is 5.65. The smallest absolute Gasteiger partial charge is 0.256 e. The Balaban J connectivity index is 1.27. The van der Waals surface area contributed by atoms with Crippen LogP contribution in [-0.2, 0) is 29.5 Å². The maximum absolute atomic E-state index is 13.5. The van der Waals surface area contributed by atoms with Crippen molar-refractivity contribution in [2.45, 2.75) is 38.3 Å². The van der Waals surface area contributed by atoms with Gasteiger partial charge in [0.15, 0.2) is 0 Å². The molecule has 1 aliphatic heterocycles. The number of likely N-dealkylation sites (N-methyl/N-ethyl adjacent to an activating group) is 1. The molecule has 1 N–H and O–H groups in total. The number of fused-ring (bicyclic) bond motifs is 2. The van der Waals surface area contributed by atoms with E-state index in [1.54, 1.807) is 34.8 Å². The second-order valence-corrected chi connectivity index (χ2v) is 14.3. The highest BCUT2D eigenvalue weighted by Gasteiger charge is 2.28. The lowest BCUT2D eigenvalue weighted by molar-refractivity contribution is 0.102. The van der Waals surface area contributed by atoms with Gasteiger partial charge in [-0.2, -0.15) is 4.31 Å². The number of thiazole rings is 1. The Morgan fingerprint density at radius 2 is 1.71 bits per heavy atom. The van der Waals surface area contributed by atoms with Gasteiger partial charge in [0.2, 0.25) is 10.0 Å². The summed E-state index contributed by atoms with van der Waals surface area (Å²) in [4.78, 5) is 22.3. The molecule has 10 heteroatoms. The van der Waals surface area contributed by atoms with Crippen molar-refractivity contribution in [1.29, 1.82) is 0 Å². The van der Waals surface area contributed by atoms with E-state index in [1.165, 1.54) is 26.9 Å². The number of benzene rings is 3. The van der Waals surface area contributed by atoms with Crippen LogP contribution in [0.3, 0.4) is 0 Å². The number of nitrogens with zero attached hydrogens (tertiary/aromatic N) is 3. The first-order chi connectivity index (χ1) is 20.4. The SMILES string of the molecule is CCN1CCc2c(sc(NC(=O)c3ccc(S(=O)(=O)N(CC)Cc4ccccc4)cc3)c2-c2nc3ccccc3s2)C1. The van der Waals surface area contributed by atoms with Crippen molar-refractivity contribution >= 4 is 53.8 Å². The summed E-state index contributed by atoms with van der Waals surface area (Å²) in [6.07, 6.45) is 0.907. The van der Waals surface area contributed by atoms with Crippen LogP contribution in [0.25, 0.3) is 20.8 Å². The number of sulfonamides is 1. The van der Waals surface area contributed by atoms with Gasteiger partial charge in [0.25, 0.3) is 5.91 Å². The standard InChI is InChI=1S/C32H32N4O3S3/c1-3-35-19-18-25-28(21-35)41-32(29(25)31-33-26-12-8-9-13-27(26)40-31)34-30(37)23-14-16-24(17-15-23)42(38,39)36(4-2)20-22-10-6-5-7-11-22/h5-17H,3-4,18-21H2,1-2H3,(H,34,37). The highest BCUT2D eigenvalue weighted by atomic mass is 32.2. The maximum Gasteiger partial charge on any atom is 0.256 e. The van der Waals surface area contributed by atoms with Gasteiger partial charge in [-0.15, -0.1) is 22.7 Å². The van der Waals surface area contributed by atoms with Crippen LogP contribution in [0.5, 0.6) is 0 Å². The Morgan fingerprint density at radius 1 is 0.976 bits per heavy atom. The fraction of sp³-hybridized carbons (Fsp3) is 0.250. The number of anilines is 1. The van der Waals surface area contributed by atoms with Gasteiger partial charge in [0, 0.05) is 42.2 Å². The Hall–Kier alpha value is -3.41. The van der Waals surface area contributed by atoms with E-state index in [4.69, 9.17) is 4.98 Å². The van der Waals surface area contributed by atoms with E-state index in [1.807, 2.05) is 55.5 Å². The number of carbonyl (C=O) groups excluding carboxylic acids is 1. The van der Waals surface area contributed by atoms with Crippen molar-refractivity contribution in [3.63, 3.8) is 0 Å². The number of hydrogen-bond donors (Lipinski definition) is 1. The predicted octanol–water partition coefficient (Wildman–Crippen LogP) is 6.87. The minimum Gasteiger partial charge on any atom is -0.313 e. The Bertz CT molecular complexity index is 1800. The lowest BCUT2D eigenvalue weighted by Gasteiger charge is -2.25. The molecule has 0 fully saturated rings. The Morgan fingerprint density at radius 3 is 2.43 bits per heavy atom. The summed E-state index contributed by atoms with van der Waals surface area (Å²) in [7, 11) is -3.72. The van der Waals surface area contributed by atoms with Crippen LogP contribution >= 0.6 is 22.7 Å². The number of thiophene rings is 1. The zero-order chi connectivity index (χ0) is 29.3. The highest BCUT2D eigenvalue weighted by molar-refractivity contribution is 7.89. The molecule has 0 aliphatic carbocycles. The number of nitrogens with one attached hydrogen (secondary N) is 1. The molecule has 6 rings (SSSR count). The molecule has 0 unspecified atom stereocenters. The van der Waals surface area contributed by atoms with Gasteiger partial charge >= 0.3 is 0 Å². The molecule has 1 amide bonds. The summed E-state index contributed by atoms with van der Waals surface area (Å²) in [6.45, 7) is 7.42. The quantitative estimate of drug-likeness (QED) is 0.196. The number of aromatic nitrogens is 1. The second kappa shape index (κ2) is 12.1. The van der Waals surface area contributed by atoms with Crippen LogP contribution in [0.2, 0.25) is 0 Å². The van der Waals surface area contributed by atoms with Crippen molar-refractivity contribution < 1.29 is 13.2 Å². The maximum atomic E-state index is 13.5. The molecular weight excluding hydrogens is 585 g/mol. The molecule has 2 aromatic heterocycles. The topological polar surface area (TPSA) is 82.6 Å². The van der Waals surface area contributed by atoms with Crippen LogP contribution in [0.15, 0.2) is 83.8 Å². The molecule has 216 valence electrons. The minimum absolute atomic E-state index is 0.165. The van der Waals surface area contributed by atoms with Crippen molar-refractivity contribution in [2.24, 2.45) is 0 Å². The molecule has 0 saturated carbocycles. The highest BCUT2D eigenvalue weighted by Crippen LogP contribution is 2.45. The zero-order valence-electron chi connectivity index (χ0n) is 23.5. The molecule has 1 aliphatic rings. The van der Waals surface area contributed by atoms with E-state index in [9.17, 15) is 13.2 Å². The first-order valence-electron chi connectivity index (χ1n) is 14.1. The van der Waals surface area contributed by atoms with E-state index in [-0.39, 0.29) is 17.3 Å². The van der Waals surface area contributed by atoms with Gasteiger partial charge in [-0.3, -0.25) is 9.69 Å². The van der Waals surface area contributed by atoms with Gasteiger partial charge < -0.3 is 5.32 Å². The molecule has 7 nitrogen and oxygen atoms in total. The first kappa shape index (κ1) is 28.7. The lowest BCUT2D eigenvalue weighted by Crippen LogP contribution is -2.30. The van der Waals surface area contributed by atoms with Gasteiger partial charge in [-0.25, -0.2) is 13.4 Å². The predicted molar refractivity (Wildman–Crippen MR) is 172 cm³/mol. The molecule has 3 aromatic carbocycles. The van der Waals surface area contributed by atoms with Gasteiger partial charge in [0.1, 0.15) is 10.0 Å². The van der Waals surface area contributed by atoms with E-state index in [0.29, 0.717) is 12.1 Å². The van der Waals surface area contributed by atoms with Gasteiger partial charge in [-0.05, 0) is 60.5 Å². The first-order valence-corrected chi connectivity index (χ1v) is 17.1. The number of hydrogen-bond acceptors (Lipinski definition) is 7. The second-order valence-electron chi connectivity index (χ2n) is 10.2. The summed E-state index contributed by atoms with van der Waals surface area (Å²) in [6, 6.07) is 23.8. The van der Waals surface area contributed by atoms with Gasteiger partial charge in [0.05, 0.1) is 15.1 Å². The summed E-state index contributed by atoms with van der Waals surface area (Å²) in [5, 5.41) is 4.85. The summed E-state index contributed by atoms with van der Waals surface area (Å²) in [5.74, 6) is -0.274. The minimum atomic E-state index is -3.72. The molecule has 0 bridgehead atoms. The summed E-state index contributed by atoms with van der Waals surface area (Å²) >= 11 is 3.26. The average Bonchev–Trinajstić information content (AvgIpc) is 3.60. The van der Waals surface area contributed by atoms with E-state index < -0.39 is 10.0 Å². The molecule has 5 aromatic rings. The number of para-hydroxylation sites is 1. The summed E-state index contributed by atoms with van der Waals surface area (Å²) < 4.78 is 29.3. The van der Waals surface area contributed by atoms with Crippen LogP contribution in [-0.4, -0.2) is 48.1 Å². The fourth-order valence-electron chi connectivity index (χ4n) is 5.28. The third-order valence-electron chi connectivity index (χ3n) is 7.63. The van der Waals surface area contributed by atoms with E-state index in [2.05, 4.69) is 23.2 Å². The Kier molecular flexibility index (Phi) is 8.24. The van der Waals surface area contributed by atoms with E-state index >= 15 is 0 Å². The normalized spacial score (nSPS) is 13.9. The number of amides is 1. The monoisotopic (exact) mass is 616 g/mol. The third-order valence-corrected chi connectivity index (χ3v) is 11.7. The average molecular weight is 617 g/mol. The van der Waals surface area contributed by atoms with Crippen LogP contribution in [0, 0.1) is 0 Å². The molecule has 0 saturated heterocycles. The molecule has 0 atom stereocenters. The van der Waals surface area contributed by atoms with Crippen LogP contribution in [0.4, 0.5) is 5.00 Å². The van der Waals surface area contributed by atoms with Crippen LogP contribution < -0.4 is 5.32 Å². The number of carbonyl (C=O) groups is 1. The molecule has 0 spiro atoms. The Labute approximate surface area is 254 Å². The van der Waals surface area contributed by atoms with Crippen LogP contribution in [0.1, 0.15) is 40.2 Å². The molecular formula is C32H32N4O3S3. The van der Waals surface area contributed by atoms with Crippen molar-refractivity contribution in [3.8, 4) is 10.6 Å². The van der Waals surface area contributed by atoms with Crippen molar-refractivity contribution in [2.75, 3.05) is 25.0 Å². The number of rotatable bonds is 9. The molecule has 0 radical (unpaired) electrons. The molecule has 42 heavy (non-hydrogen) atoms. The summed E-state index contributed by atoms with van der Waals surface area (Å²) in [5.41, 5.74) is 4.55. The largest absolute Gasteiger partial charge is 0.313 e. The fourth-order valence-corrected chi connectivity index (χ4v) is 9.11. The van der Waals surface area contributed by atoms with E-state index in [0.717, 1.165) is 57.4 Å². The van der Waals surface area contributed by atoms with Crippen molar-refractivity contribution in [3.05, 3.63) is 100 Å². The van der Waals surface area contributed by atoms with Gasteiger partial charge in [-0.1, -0.05) is 56.3 Å². The molecule has 3 heterocycles.